The summed E-state index contributed by atoms with van der Waals surface area (Å²) in [5.41, 5.74) is -0.180. The number of aryl methyl sites for hydroxylation is 1. The molecule has 2 fully saturated rings. The third kappa shape index (κ3) is 5.88. The van der Waals surface area contributed by atoms with Gasteiger partial charge in [0, 0.05) is 62.3 Å². The number of benzene rings is 1. The maximum absolute atomic E-state index is 15.6. The molecule has 1 amide bonds. The Morgan fingerprint density at radius 3 is 2.45 bits per heavy atom. The molecule has 1 aromatic carbocycles. The first kappa shape index (κ1) is 28.2. The number of halogens is 4. The molecule has 3 aromatic rings. The SMILES string of the molecule is Cc1nc(C(F)(F)F)c(C(=O)Nc2cc(-c3cnc(N4CCOCC4)nc3)c(F)cc2N2CCN(C)[C@H](C)C2)s1. The van der Waals surface area contributed by atoms with Crippen molar-refractivity contribution in [2.45, 2.75) is 26.1 Å². The van der Waals surface area contributed by atoms with Crippen LogP contribution in [0.5, 0.6) is 0 Å². The van der Waals surface area contributed by atoms with Crippen LogP contribution < -0.4 is 15.1 Å². The third-order valence-electron chi connectivity index (χ3n) is 7.09. The number of alkyl halides is 3. The molecule has 0 spiro atoms. The highest BCUT2D eigenvalue weighted by Crippen LogP contribution is 2.38. The highest BCUT2D eigenvalue weighted by Gasteiger charge is 2.39. The zero-order valence-electron chi connectivity index (χ0n) is 22.3. The number of likely N-dealkylation sites (N-methyl/N-ethyl adjacent to an activating group) is 1. The maximum atomic E-state index is 15.6. The van der Waals surface area contributed by atoms with Crippen molar-refractivity contribution in [2.75, 3.05) is 68.1 Å². The predicted molar refractivity (Wildman–Crippen MR) is 145 cm³/mol. The molecule has 0 radical (unpaired) electrons. The molecule has 2 aliphatic heterocycles. The first-order valence-corrected chi connectivity index (χ1v) is 13.6. The molecular weight excluding hydrogens is 550 g/mol. The van der Waals surface area contributed by atoms with Gasteiger partial charge in [0.05, 0.1) is 29.6 Å². The van der Waals surface area contributed by atoms with E-state index in [1.54, 1.807) is 0 Å². The molecule has 2 aromatic heterocycles. The van der Waals surface area contributed by atoms with Crippen molar-refractivity contribution in [1.29, 1.82) is 0 Å². The fourth-order valence-electron chi connectivity index (χ4n) is 4.75. The molecule has 2 saturated heterocycles. The highest BCUT2D eigenvalue weighted by molar-refractivity contribution is 7.13. The van der Waals surface area contributed by atoms with Gasteiger partial charge in [-0.15, -0.1) is 11.3 Å². The lowest BCUT2D eigenvalue weighted by Crippen LogP contribution is -2.50. The lowest BCUT2D eigenvalue weighted by molar-refractivity contribution is -0.141. The fourth-order valence-corrected chi connectivity index (χ4v) is 5.59. The van der Waals surface area contributed by atoms with E-state index in [1.807, 2.05) is 23.8 Å². The number of hydrogen-bond donors (Lipinski definition) is 1. The predicted octanol–water partition coefficient (Wildman–Crippen LogP) is 4.30. The van der Waals surface area contributed by atoms with Gasteiger partial charge in [0.1, 0.15) is 10.7 Å². The highest BCUT2D eigenvalue weighted by atomic mass is 32.1. The van der Waals surface area contributed by atoms with Crippen LogP contribution >= 0.6 is 11.3 Å². The van der Waals surface area contributed by atoms with E-state index in [1.165, 1.54) is 31.5 Å². The minimum absolute atomic E-state index is 0.114. The largest absolute Gasteiger partial charge is 0.435 e. The Kier molecular flexibility index (Phi) is 7.93. The van der Waals surface area contributed by atoms with E-state index in [2.05, 4.69) is 25.2 Å². The zero-order valence-corrected chi connectivity index (χ0v) is 23.1. The number of thiazole rings is 1. The van der Waals surface area contributed by atoms with E-state index in [0.29, 0.717) is 74.5 Å². The molecule has 5 rings (SSSR count). The minimum Gasteiger partial charge on any atom is -0.378 e. The van der Waals surface area contributed by atoms with Crippen molar-refractivity contribution in [3.63, 3.8) is 0 Å². The van der Waals surface area contributed by atoms with Crippen LogP contribution in [0.15, 0.2) is 24.5 Å². The summed E-state index contributed by atoms with van der Waals surface area (Å²) in [5, 5.41) is 2.74. The monoisotopic (exact) mass is 579 g/mol. The number of morpholine rings is 1. The van der Waals surface area contributed by atoms with Crippen LogP contribution in [0.4, 0.5) is 34.9 Å². The molecule has 40 heavy (non-hydrogen) atoms. The standard InChI is InChI=1S/C26H29F4N7O2S/c1-15-14-37(5-4-35(15)3)21-11-19(27)18(17-12-31-25(32-13-17)36-6-8-39-9-7-36)10-20(21)34-24(38)22-23(26(28,29)30)33-16(2)40-22/h10-13,15H,4-9,14H2,1-3H3,(H,34,38)/t15-/m1/s1. The van der Waals surface area contributed by atoms with E-state index in [9.17, 15) is 18.0 Å². The normalized spacial score (nSPS) is 18.7. The fraction of sp³-hybridized carbons (Fsp3) is 0.462. The lowest BCUT2D eigenvalue weighted by Gasteiger charge is -2.39. The van der Waals surface area contributed by atoms with Gasteiger partial charge in [-0.05, 0) is 33.0 Å². The number of carbonyl (C=O) groups excluding carboxylic acids is 1. The van der Waals surface area contributed by atoms with Crippen molar-refractivity contribution in [2.24, 2.45) is 0 Å². The maximum Gasteiger partial charge on any atom is 0.435 e. The second-order valence-electron chi connectivity index (χ2n) is 9.86. The van der Waals surface area contributed by atoms with Crippen molar-refractivity contribution in [1.82, 2.24) is 19.9 Å². The summed E-state index contributed by atoms with van der Waals surface area (Å²) in [6, 6.07) is 2.88. The number of rotatable bonds is 5. The molecule has 0 unspecified atom stereocenters. The average molecular weight is 580 g/mol. The Labute approximate surface area is 232 Å². The zero-order chi connectivity index (χ0) is 28.6. The quantitative estimate of drug-likeness (QED) is 0.448. The summed E-state index contributed by atoms with van der Waals surface area (Å²) < 4.78 is 61.7. The minimum atomic E-state index is -4.79. The number of hydrogen-bond acceptors (Lipinski definition) is 9. The smallest absolute Gasteiger partial charge is 0.378 e. The van der Waals surface area contributed by atoms with Crippen LogP contribution in [0.3, 0.4) is 0 Å². The summed E-state index contributed by atoms with van der Waals surface area (Å²) in [7, 11) is 1.99. The molecule has 9 nitrogen and oxygen atoms in total. The lowest BCUT2D eigenvalue weighted by atomic mass is 10.0. The Balaban J connectivity index is 1.51. The number of piperazine rings is 1. The van der Waals surface area contributed by atoms with Gasteiger partial charge in [-0.25, -0.2) is 19.3 Å². The van der Waals surface area contributed by atoms with Crippen molar-refractivity contribution >= 4 is 34.6 Å². The number of nitrogens with one attached hydrogen (secondary N) is 1. The van der Waals surface area contributed by atoms with Gasteiger partial charge < -0.3 is 24.8 Å². The van der Waals surface area contributed by atoms with Crippen LogP contribution in [0.25, 0.3) is 11.1 Å². The summed E-state index contributed by atoms with van der Waals surface area (Å²) in [6.07, 6.45) is -1.80. The number of ether oxygens (including phenoxy) is 1. The summed E-state index contributed by atoms with van der Waals surface area (Å²) >= 11 is 0.658. The molecule has 214 valence electrons. The molecule has 0 aliphatic carbocycles. The van der Waals surface area contributed by atoms with E-state index in [0.717, 1.165) is 0 Å². The van der Waals surface area contributed by atoms with Crippen LogP contribution in [0.2, 0.25) is 0 Å². The first-order valence-electron chi connectivity index (χ1n) is 12.8. The van der Waals surface area contributed by atoms with Crippen molar-refractivity contribution in [3.8, 4) is 11.1 Å². The van der Waals surface area contributed by atoms with Gasteiger partial charge >= 0.3 is 6.18 Å². The van der Waals surface area contributed by atoms with Crippen LogP contribution in [0, 0.1) is 12.7 Å². The topological polar surface area (TPSA) is 86.7 Å². The second-order valence-corrected chi connectivity index (χ2v) is 11.1. The van der Waals surface area contributed by atoms with Gasteiger partial charge in [0.25, 0.3) is 5.91 Å². The van der Waals surface area contributed by atoms with Gasteiger partial charge in [-0.2, -0.15) is 13.2 Å². The Morgan fingerprint density at radius 2 is 1.80 bits per heavy atom. The molecule has 0 saturated carbocycles. The summed E-state index contributed by atoms with van der Waals surface area (Å²) in [6.45, 7) is 7.62. The Morgan fingerprint density at radius 1 is 1.10 bits per heavy atom. The van der Waals surface area contributed by atoms with Crippen LogP contribution in [-0.4, -0.2) is 84.8 Å². The number of nitrogens with zero attached hydrogens (tertiary/aromatic N) is 6. The number of carbonyl (C=O) groups is 1. The van der Waals surface area contributed by atoms with E-state index < -0.39 is 28.5 Å². The van der Waals surface area contributed by atoms with Crippen molar-refractivity contribution in [3.05, 3.63) is 45.9 Å². The molecule has 14 heteroatoms. The van der Waals surface area contributed by atoms with E-state index >= 15 is 4.39 Å². The molecule has 1 N–H and O–H groups in total. The molecular formula is C26H29F4N7O2S. The summed E-state index contributed by atoms with van der Waals surface area (Å²) in [4.78, 5) is 31.0. The first-order chi connectivity index (χ1) is 19.0. The van der Waals surface area contributed by atoms with E-state index in [4.69, 9.17) is 4.74 Å². The van der Waals surface area contributed by atoms with Crippen molar-refractivity contribution < 1.29 is 27.1 Å². The number of amides is 1. The van der Waals surface area contributed by atoms with Crippen LogP contribution in [0.1, 0.15) is 27.3 Å². The van der Waals surface area contributed by atoms with Gasteiger partial charge in [0.15, 0.2) is 5.69 Å². The molecule has 2 aliphatic rings. The molecule has 1 atom stereocenters. The van der Waals surface area contributed by atoms with Gasteiger partial charge in [0.2, 0.25) is 5.95 Å². The molecule has 4 heterocycles. The molecule has 0 bridgehead atoms. The van der Waals surface area contributed by atoms with Gasteiger partial charge in [-0.1, -0.05) is 0 Å². The Bertz CT molecular complexity index is 1380. The van der Waals surface area contributed by atoms with Crippen LogP contribution in [-0.2, 0) is 10.9 Å². The number of aromatic nitrogens is 3. The third-order valence-corrected chi connectivity index (χ3v) is 8.06. The number of anilines is 3. The average Bonchev–Trinajstić information content (AvgIpc) is 3.34. The second kappa shape index (κ2) is 11.3. The Hall–Kier alpha value is -3.36. The van der Waals surface area contributed by atoms with Gasteiger partial charge in [-0.3, -0.25) is 4.79 Å². The summed E-state index contributed by atoms with van der Waals surface area (Å²) in [5.74, 6) is -1.03. The van der Waals surface area contributed by atoms with E-state index in [-0.39, 0.29) is 22.3 Å².